The Morgan fingerprint density at radius 3 is 2.84 bits per heavy atom. The van der Waals surface area contributed by atoms with Gasteiger partial charge in [-0.25, -0.2) is 0 Å². The van der Waals surface area contributed by atoms with Crippen molar-refractivity contribution in [3.63, 3.8) is 0 Å². The van der Waals surface area contributed by atoms with Gasteiger partial charge in [0.25, 0.3) is 0 Å². The molecule has 2 unspecified atom stereocenters. The van der Waals surface area contributed by atoms with Gasteiger partial charge in [0.1, 0.15) is 0 Å². The summed E-state index contributed by atoms with van der Waals surface area (Å²) in [7, 11) is 2.24. The van der Waals surface area contributed by atoms with E-state index in [1.807, 2.05) is 0 Å². The first-order valence-corrected chi connectivity index (χ1v) is 8.12. The van der Waals surface area contributed by atoms with Crippen molar-refractivity contribution in [1.82, 2.24) is 0 Å². The maximum absolute atomic E-state index is 5.75. The molecule has 2 atom stereocenters. The van der Waals surface area contributed by atoms with Crippen LogP contribution in [0, 0.1) is 5.92 Å². The van der Waals surface area contributed by atoms with Crippen molar-refractivity contribution in [1.29, 1.82) is 0 Å². The Balaban J connectivity index is 2.19. The first-order valence-electron chi connectivity index (χ1n) is 7.33. The topological polar surface area (TPSA) is 29.3 Å². The van der Waals surface area contributed by atoms with Crippen LogP contribution in [0.3, 0.4) is 0 Å². The maximum atomic E-state index is 5.75. The number of halogens is 1. The lowest BCUT2D eigenvalue weighted by molar-refractivity contribution is 0.336. The summed E-state index contributed by atoms with van der Waals surface area (Å²) in [6.45, 7) is 3.08. The molecule has 2 nitrogen and oxygen atoms in total. The Kier molecular flexibility index (Phi) is 5.28. The molecule has 106 valence electrons. The summed E-state index contributed by atoms with van der Waals surface area (Å²) in [6, 6.07) is 7.26. The standard InChI is InChI=1S/C16H25BrN2/c1-12-4-3-5-15(10-12)19(2)16-7-6-14(17)11-13(16)8-9-18/h6-7,11-12,15H,3-5,8-10,18H2,1-2H3. The average Bonchev–Trinajstić information content (AvgIpc) is 2.39. The van der Waals surface area contributed by atoms with E-state index in [2.05, 4.69) is 53.0 Å². The summed E-state index contributed by atoms with van der Waals surface area (Å²) in [5, 5.41) is 0. The minimum absolute atomic E-state index is 0.682. The minimum atomic E-state index is 0.682. The molecule has 2 rings (SSSR count). The van der Waals surface area contributed by atoms with E-state index in [1.54, 1.807) is 0 Å². The third-order valence-corrected chi connectivity index (χ3v) is 4.78. The van der Waals surface area contributed by atoms with E-state index < -0.39 is 0 Å². The molecule has 1 saturated carbocycles. The molecule has 0 amide bonds. The molecule has 0 aliphatic heterocycles. The van der Waals surface area contributed by atoms with Crippen LogP contribution in [-0.2, 0) is 6.42 Å². The lowest BCUT2D eigenvalue weighted by Gasteiger charge is -2.36. The van der Waals surface area contributed by atoms with Crippen LogP contribution in [0.2, 0.25) is 0 Å². The van der Waals surface area contributed by atoms with E-state index in [-0.39, 0.29) is 0 Å². The van der Waals surface area contributed by atoms with E-state index in [1.165, 1.54) is 36.9 Å². The van der Waals surface area contributed by atoms with E-state index >= 15 is 0 Å². The Labute approximate surface area is 125 Å². The first kappa shape index (κ1) is 14.9. The summed E-state index contributed by atoms with van der Waals surface area (Å²) < 4.78 is 1.14. The van der Waals surface area contributed by atoms with Crippen molar-refractivity contribution in [2.45, 2.75) is 45.1 Å². The van der Waals surface area contributed by atoms with E-state index in [0.717, 1.165) is 16.8 Å². The van der Waals surface area contributed by atoms with Gasteiger partial charge in [-0.3, -0.25) is 0 Å². The molecule has 0 radical (unpaired) electrons. The summed E-state index contributed by atoms with van der Waals surface area (Å²) in [6.07, 6.45) is 6.33. The van der Waals surface area contributed by atoms with Gasteiger partial charge in [-0.2, -0.15) is 0 Å². The van der Waals surface area contributed by atoms with Crippen molar-refractivity contribution in [2.75, 3.05) is 18.5 Å². The Hall–Kier alpha value is -0.540. The SMILES string of the molecule is CC1CCCC(N(C)c2ccc(Br)cc2CCN)C1. The predicted octanol–water partition coefficient (Wildman–Crippen LogP) is 3.97. The highest BCUT2D eigenvalue weighted by Crippen LogP contribution is 2.32. The summed E-state index contributed by atoms with van der Waals surface area (Å²) in [5.74, 6) is 0.856. The van der Waals surface area contributed by atoms with Gasteiger partial charge >= 0.3 is 0 Å². The van der Waals surface area contributed by atoms with Gasteiger partial charge in [0, 0.05) is 23.2 Å². The zero-order chi connectivity index (χ0) is 13.8. The zero-order valence-electron chi connectivity index (χ0n) is 12.0. The first-order chi connectivity index (χ1) is 9.11. The zero-order valence-corrected chi connectivity index (χ0v) is 13.6. The number of hydrogen-bond donors (Lipinski definition) is 1. The summed E-state index contributed by atoms with van der Waals surface area (Å²) in [4.78, 5) is 2.48. The Bertz CT molecular complexity index is 419. The van der Waals surface area contributed by atoms with Gasteiger partial charge in [0.15, 0.2) is 0 Å². The molecule has 0 aromatic heterocycles. The third-order valence-electron chi connectivity index (χ3n) is 4.29. The number of anilines is 1. The second kappa shape index (κ2) is 6.76. The molecule has 1 aliphatic carbocycles. The second-order valence-electron chi connectivity index (χ2n) is 5.85. The number of rotatable bonds is 4. The highest BCUT2D eigenvalue weighted by molar-refractivity contribution is 9.10. The molecule has 19 heavy (non-hydrogen) atoms. The van der Waals surface area contributed by atoms with Crippen LogP contribution in [0.5, 0.6) is 0 Å². The molecule has 1 aliphatic rings. The molecule has 0 spiro atoms. The summed E-state index contributed by atoms with van der Waals surface area (Å²) in [5.41, 5.74) is 8.46. The van der Waals surface area contributed by atoms with Gasteiger partial charge in [0.2, 0.25) is 0 Å². The van der Waals surface area contributed by atoms with Gasteiger partial charge in [-0.05, 0) is 55.5 Å². The molecular formula is C16H25BrN2. The fraction of sp³-hybridized carbons (Fsp3) is 0.625. The average molecular weight is 325 g/mol. The van der Waals surface area contributed by atoms with Crippen LogP contribution in [0.4, 0.5) is 5.69 Å². The van der Waals surface area contributed by atoms with Crippen LogP contribution in [0.15, 0.2) is 22.7 Å². The largest absolute Gasteiger partial charge is 0.371 e. The van der Waals surface area contributed by atoms with Crippen LogP contribution in [-0.4, -0.2) is 19.6 Å². The predicted molar refractivity (Wildman–Crippen MR) is 86.7 cm³/mol. The fourth-order valence-electron chi connectivity index (χ4n) is 3.20. The van der Waals surface area contributed by atoms with Gasteiger partial charge in [0.05, 0.1) is 0 Å². The highest BCUT2D eigenvalue weighted by Gasteiger charge is 2.23. The number of hydrogen-bond acceptors (Lipinski definition) is 2. The van der Waals surface area contributed by atoms with E-state index in [0.29, 0.717) is 12.6 Å². The molecule has 0 saturated heterocycles. The maximum Gasteiger partial charge on any atom is 0.0399 e. The molecule has 1 aromatic rings. The Morgan fingerprint density at radius 2 is 2.16 bits per heavy atom. The minimum Gasteiger partial charge on any atom is -0.371 e. The number of nitrogens with two attached hydrogens (primary N) is 1. The highest BCUT2D eigenvalue weighted by atomic mass is 79.9. The van der Waals surface area contributed by atoms with Crippen molar-refractivity contribution in [3.05, 3.63) is 28.2 Å². The van der Waals surface area contributed by atoms with E-state index in [4.69, 9.17) is 5.73 Å². The monoisotopic (exact) mass is 324 g/mol. The lowest BCUT2D eigenvalue weighted by atomic mass is 9.86. The molecule has 0 heterocycles. The smallest absolute Gasteiger partial charge is 0.0399 e. The van der Waals surface area contributed by atoms with Crippen LogP contribution < -0.4 is 10.6 Å². The van der Waals surface area contributed by atoms with Crippen molar-refractivity contribution in [2.24, 2.45) is 11.7 Å². The van der Waals surface area contributed by atoms with Crippen LogP contribution in [0.25, 0.3) is 0 Å². The van der Waals surface area contributed by atoms with Crippen molar-refractivity contribution < 1.29 is 0 Å². The van der Waals surface area contributed by atoms with Gasteiger partial charge in [-0.15, -0.1) is 0 Å². The molecule has 1 aromatic carbocycles. The summed E-state index contributed by atoms with van der Waals surface area (Å²) >= 11 is 3.56. The quantitative estimate of drug-likeness (QED) is 0.908. The fourth-order valence-corrected chi connectivity index (χ4v) is 3.61. The normalized spacial score (nSPS) is 23.4. The number of benzene rings is 1. The van der Waals surface area contributed by atoms with Crippen LogP contribution >= 0.6 is 15.9 Å². The lowest BCUT2D eigenvalue weighted by Crippen LogP contribution is -2.36. The van der Waals surface area contributed by atoms with Gasteiger partial charge in [-0.1, -0.05) is 35.7 Å². The van der Waals surface area contributed by atoms with E-state index in [9.17, 15) is 0 Å². The molecule has 0 bridgehead atoms. The Morgan fingerprint density at radius 1 is 1.37 bits per heavy atom. The molecule has 1 fully saturated rings. The molecular weight excluding hydrogens is 300 g/mol. The third kappa shape index (κ3) is 3.73. The molecule has 3 heteroatoms. The number of nitrogens with zero attached hydrogens (tertiary/aromatic N) is 1. The van der Waals surface area contributed by atoms with Crippen molar-refractivity contribution in [3.8, 4) is 0 Å². The van der Waals surface area contributed by atoms with Crippen molar-refractivity contribution >= 4 is 21.6 Å². The molecule has 2 N–H and O–H groups in total. The van der Waals surface area contributed by atoms with Gasteiger partial charge < -0.3 is 10.6 Å². The second-order valence-corrected chi connectivity index (χ2v) is 6.76. The van der Waals surface area contributed by atoms with Crippen LogP contribution in [0.1, 0.15) is 38.2 Å².